The number of hydrogen-bond acceptors (Lipinski definition) is 3. The molecule has 3 heterocycles. The molecule has 0 atom stereocenters. The maximum Gasteiger partial charge on any atom is 0.221 e. The van der Waals surface area contributed by atoms with E-state index in [1.54, 1.807) is 0 Å². The first kappa shape index (κ1) is 31.3. The average Bonchev–Trinajstić information content (AvgIpc) is 3.82. The van der Waals surface area contributed by atoms with Gasteiger partial charge in [-0.1, -0.05) is 140 Å². The van der Waals surface area contributed by atoms with E-state index >= 15 is 4.57 Å². The number of fused-ring (bicyclic) bond motifs is 12. The second kappa shape index (κ2) is 11.7. The van der Waals surface area contributed by atoms with Gasteiger partial charge in [0.2, 0.25) is 5.95 Å². The lowest BCUT2D eigenvalue weighted by atomic mass is 10.1. The van der Waals surface area contributed by atoms with Gasteiger partial charge in [0.1, 0.15) is 5.65 Å². The van der Waals surface area contributed by atoms with Crippen molar-refractivity contribution in [1.29, 1.82) is 0 Å². The molecule has 0 unspecified atom stereocenters. The smallest absolute Gasteiger partial charge is 0.221 e. The van der Waals surface area contributed by atoms with Crippen molar-refractivity contribution in [1.82, 2.24) is 18.9 Å². The molecule has 5 nitrogen and oxygen atoms in total. The summed E-state index contributed by atoms with van der Waals surface area (Å²) < 4.78 is 21.3. The van der Waals surface area contributed by atoms with Crippen LogP contribution in [0.25, 0.3) is 87.7 Å². The third kappa shape index (κ3) is 4.35. The summed E-state index contributed by atoms with van der Waals surface area (Å²) >= 11 is 0. The van der Waals surface area contributed by atoms with Gasteiger partial charge in [0.05, 0.1) is 27.6 Å². The minimum absolute atomic E-state index is 0.753. The van der Waals surface area contributed by atoms with E-state index in [1.165, 1.54) is 0 Å². The van der Waals surface area contributed by atoms with Crippen molar-refractivity contribution in [3.05, 3.63) is 188 Å². The molecule has 0 saturated heterocycles. The van der Waals surface area contributed by atoms with E-state index in [0.717, 1.165) is 104 Å². The molecule has 0 bridgehead atoms. The third-order valence-corrected chi connectivity index (χ3v) is 14.6. The fourth-order valence-corrected chi connectivity index (χ4v) is 11.8. The molecule has 0 N–H and O–H groups in total. The van der Waals surface area contributed by atoms with Crippen molar-refractivity contribution in [2.24, 2.45) is 0 Å². The minimum Gasteiger partial charge on any atom is -0.309 e. The molecule has 0 radical (unpaired) electrons. The summed E-state index contributed by atoms with van der Waals surface area (Å²) in [4.78, 5) is 10.6. The number of aromatic nitrogens is 4. The normalized spacial score (nSPS) is 12.4. The number of para-hydroxylation sites is 4. The molecular weight excluding hydrogens is 704 g/mol. The van der Waals surface area contributed by atoms with Gasteiger partial charge in [0, 0.05) is 37.5 Å². The van der Waals surface area contributed by atoms with Crippen molar-refractivity contribution in [3.63, 3.8) is 0 Å². The quantitative estimate of drug-likeness (QED) is 0.169. The fourth-order valence-electron chi connectivity index (χ4n) is 8.92. The summed E-state index contributed by atoms with van der Waals surface area (Å²) in [5.41, 5.74) is 5.64. The summed E-state index contributed by atoms with van der Waals surface area (Å²) in [6.45, 7) is 0. The van der Waals surface area contributed by atoms with Crippen LogP contribution in [0.5, 0.6) is 0 Å². The zero-order chi connectivity index (χ0) is 37.0. The Morgan fingerprint density at radius 3 is 1.64 bits per heavy atom. The summed E-state index contributed by atoms with van der Waals surface area (Å²) in [6.07, 6.45) is 0. The van der Waals surface area contributed by atoms with Crippen molar-refractivity contribution in [3.8, 4) is 5.95 Å². The predicted molar refractivity (Wildman–Crippen MR) is 234 cm³/mol. The first-order valence-corrected chi connectivity index (χ1v) is 20.6. The van der Waals surface area contributed by atoms with Gasteiger partial charge in [-0.3, -0.25) is 8.97 Å². The summed E-state index contributed by atoms with van der Waals surface area (Å²) in [5.74, 6) is 0.753. The molecule has 0 fully saturated rings. The molecule has 0 aliphatic heterocycles. The molecule has 0 spiro atoms. The zero-order valence-electron chi connectivity index (χ0n) is 30.0. The van der Waals surface area contributed by atoms with E-state index in [-0.39, 0.29) is 0 Å². The first-order chi connectivity index (χ1) is 27.6. The van der Waals surface area contributed by atoms with Crippen LogP contribution >= 0.6 is 7.14 Å². The van der Waals surface area contributed by atoms with Gasteiger partial charge in [-0.05, 0) is 75.5 Å². The Morgan fingerprint density at radius 2 is 0.946 bits per heavy atom. The highest BCUT2D eigenvalue weighted by molar-refractivity contribution is 7.85. The van der Waals surface area contributed by atoms with Gasteiger partial charge in [0.15, 0.2) is 7.14 Å². The van der Waals surface area contributed by atoms with Crippen molar-refractivity contribution < 1.29 is 4.57 Å². The lowest BCUT2D eigenvalue weighted by Crippen LogP contribution is -2.26. The van der Waals surface area contributed by atoms with Crippen LogP contribution in [-0.4, -0.2) is 18.9 Å². The Morgan fingerprint density at radius 1 is 0.411 bits per heavy atom. The third-order valence-electron chi connectivity index (χ3n) is 11.5. The molecule has 0 amide bonds. The SMILES string of the molecule is O=P(c1ccc2ccccc2c1)(c1ccc2ccccc2c1)c1cc2c3ccccc3n(-c3nc4ccccc4c4nc5ccccc5n34)c2c2ccccc12. The van der Waals surface area contributed by atoms with Crippen molar-refractivity contribution >= 4 is 105 Å². The van der Waals surface area contributed by atoms with Gasteiger partial charge >= 0.3 is 0 Å². The van der Waals surface area contributed by atoms with E-state index in [4.69, 9.17) is 9.97 Å². The molecule has 6 heteroatoms. The lowest BCUT2D eigenvalue weighted by molar-refractivity contribution is 0.592. The van der Waals surface area contributed by atoms with E-state index in [9.17, 15) is 0 Å². The monoisotopic (exact) mass is 734 g/mol. The van der Waals surface area contributed by atoms with Crippen LogP contribution in [0, 0.1) is 0 Å². The van der Waals surface area contributed by atoms with Gasteiger partial charge in [-0.2, -0.15) is 0 Å². The van der Waals surface area contributed by atoms with Crippen molar-refractivity contribution in [2.75, 3.05) is 0 Å². The predicted octanol–water partition coefficient (Wildman–Crippen LogP) is 11.2. The maximum absolute atomic E-state index is 16.8. The Labute approximate surface area is 321 Å². The van der Waals surface area contributed by atoms with Gasteiger partial charge in [-0.25, -0.2) is 9.97 Å². The molecule has 0 aliphatic carbocycles. The highest BCUT2D eigenvalue weighted by Gasteiger charge is 2.34. The Hall–Kier alpha value is -7.07. The highest BCUT2D eigenvalue weighted by Crippen LogP contribution is 2.48. The standard InChI is InChI=1S/C50H31N4OP/c55-56(36-27-25-32-13-1-3-15-34(32)29-36,37-28-26-33-14-2-4-16-35(33)30-37)47-31-42-38-17-8-11-23-45(38)53(48(42)40-19-6-5-18-39(40)47)50-52-43-21-9-7-20-41(43)49-51-44-22-10-12-24-46(44)54(49)50/h1-31H. The Bertz CT molecular complexity index is 3570. The average molecular weight is 735 g/mol. The Kier molecular flexibility index (Phi) is 6.55. The summed E-state index contributed by atoms with van der Waals surface area (Å²) in [6, 6.07) is 64.9. The maximum atomic E-state index is 16.8. The van der Waals surface area contributed by atoms with Crippen LogP contribution in [-0.2, 0) is 4.57 Å². The topological polar surface area (TPSA) is 52.2 Å². The van der Waals surface area contributed by atoms with Crippen LogP contribution in [0.2, 0.25) is 0 Å². The number of rotatable bonds is 4. The summed E-state index contributed by atoms with van der Waals surface area (Å²) in [7, 11) is -3.51. The molecule has 56 heavy (non-hydrogen) atoms. The second-order valence-electron chi connectivity index (χ2n) is 14.6. The van der Waals surface area contributed by atoms with E-state index in [2.05, 4.69) is 155 Å². The van der Waals surface area contributed by atoms with Gasteiger partial charge in [-0.15, -0.1) is 0 Å². The zero-order valence-corrected chi connectivity index (χ0v) is 30.9. The minimum atomic E-state index is -3.51. The van der Waals surface area contributed by atoms with Crippen LogP contribution in [0.3, 0.4) is 0 Å². The Balaban J connectivity index is 1.25. The summed E-state index contributed by atoms with van der Waals surface area (Å²) in [5, 5.41) is 11.8. The molecule has 12 aromatic rings. The van der Waals surface area contributed by atoms with E-state index in [0.29, 0.717) is 0 Å². The van der Waals surface area contributed by atoms with Crippen LogP contribution in [0.15, 0.2) is 188 Å². The fraction of sp³-hybridized carbons (Fsp3) is 0. The van der Waals surface area contributed by atoms with Gasteiger partial charge < -0.3 is 4.57 Å². The molecule has 9 aromatic carbocycles. The van der Waals surface area contributed by atoms with E-state index < -0.39 is 7.14 Å². The van der Waals surface area contributed by atoms with E-state index in [1.807, 2.05) is 42.5 Å². The number of nitrogens with zero attached hydrogens (tertiary/aromatic N) is 4. The number of hydrogen-bond donors (Lipinski definition) is 0. The molecular formula is C50H31N4OP. The number of benzene rings is 9. The van der Waals surface area contributed by atoms with Crippen LogP contribution in [0.1, 0.15) is 0 Å². The highest BCUT2D eigenvalue weighted by atomic mass is 31.2. The molecule has 262 valence electrons. The lowest BCUT2D eigenvalue weighted by Gasteiger charge is -2.23. The molecule has 0 saturated carbocycles. The molecule has 12 rings (SSSR count). The second-order valence-corrected chi connectivity index (χ2v) is 17.3. The van der Waals surface area contributed by atoms with Crippen LogP contribution in [0.4, 0.5) is 0 Å². The first-order valence-electron chi connectivity index (χ1n) is 18.9. The number of imidazole rings is 1. The molecule has 3 aromatic heterocycles. The van der Waals surface area contributed by atoms with Gasteiger partial charge in [0.25, 0.3) is 0 Å². The van der Waals surface area contributed by atoms with Crippen LogP contribution < -0.4 is 15.9 Å². The largest absolute Gasteiger partial charge is 0.309 e. The molecule has 0 aliphatic rings. The van der Waals surface area contributed by atoms with Crippen molar-refractivity contribution in [2.45, 2.75) is 0 Å².